The van der Waals surface area contributed by atoms with Gasteiger partial charge in [0.05, 0.1) is 0 Å². The number of hydrogen-bond donors (Lipinski definition) is 1. The molecule has 0 amide bonds. The van der Waals surface area contributed by atoms with E-state index in [0.29, 0.717) is 49.4 Å². The zero-order chi connectivity index (χ0) is 30.8. The molecule has 0 saturated carbocycles. The lowest BCUT2D eigenvalue weighted by atomic mass is 9.72. The summed E-state index contributed by atoms with van der Waals surface area (Å²) >= 11 is 0. The molecule has 0 radical (unpaired) electrons. The van der Waals surface area contributed by atoms with Crippen molar-refractivity contribution < 1.29 is 40.9 Å². The first-order valence-corrected chi connectivity index (χ1v) is 13.3. The molecule has 1 aliphatic rings. The minimum absolute atomic E-state index is 0.291. The number of benzene rings is 3. The van der Waals surface area contributed by atoms with Crippen molar-refractivity contribution >= 4 is 0 Å². The van der Waals surface area contributed by atoms with Crippen molar-refractivity contribution in [2.24, 2.45) is 13.0 Å². The second-order valence-corrected chi connectivity index (χ2v) is 10.3. The predicted octanol–water partition coefficient (Wildman–Crippen LogP) is 5.82. The van der Waals surface area contributed by atoms with Crippen LogP contribution in [0, 0.1) is 5.92 Å². The Morgan fingerprint density at radius 2 is 1.26 bits per heavy atom. The molecule has 1 fully saturated rings. The normalized spacial score (nSPS) is 15.4. The molecule has 1 aromatic heterocycles. The summed E-state index contributed by atoms with van der Waals surface area (Å²) in [5.41, 5.74) is 0.815. The largest absolute Gasteiger partial charge is 0.573 e. The molecule has 0 atom stereocenters. The molecule has 2 heterocycles. The first kappa shape index (κ1) is 30.3. The average Bonchev–Trinajstić information content (AvgIpc) is 3.38. The van der Waals surface area contributed by atoms with E-state index in [1.807, 2.05) is 24.3 Å². The van der Waals surface area contributed by atoms with Gasteiger partial charge in [-0.1, -0.05) is 48.5 Å². The van der Waals surface area contributed by atoms with Crippen LogP contribution in [0.3, 0.4) is 0 Å². The molecule has 0 spiro atoms. The number of likely N-dealkylation sites (tertiary alicyclic amines) is 1. The number of ether oxygens (including phenoxy) is 2. The molecule has 0 unspecified atom stereocenters. The van der Waals surface area contributed by atoms with Gasteiger partial charge in [-0.2, -0.15) is 0 Å². The average molecular weight is 608 g/mol. The van der Waals surface area contributed by atoms with Gasteiger partial charge in [0.25, 0.3) is 0 Å². The molecule has 0 bridgehead atoms. The molecule has 1 N–H and O–H groups in total. The highest BCUT2D eigenvalue weighted by Gasteiger charge is 2.42. The molecule has 8 nitrogen and oxygen atoms in total. The van der Waals surface area contributed by atoms with Gasteiger partial charge in [-0.25, -0.2) is 4.68 Å². The van der Waals surface area contributed by atoms with Crippen LogP contribution in [0.15, 0.2) is 72.8 Å². The van der Waals surface area contributed by atoms with Gasteiger partial charge in [-0.3, -0.25) is 4.90 Å². The lowest BCUT2D eigenvalue weighted by Crippen LogP contribution is -2.44. The van der Waals surface area contributed by atoms with Crippen molar-refractivity contribution in [2.75, 3.05) is 13.1 Å². The molecular formula is C29H27F6N5O3. The molecular weight excluding hydrogens is 580 g/mol. The monoisotopic (exact) mass is 607 g/mol. The standard InChI is InChI=1S/C29H27F6N5O3/c1-39-26(36-37-38-39)20-4-2-19(3-5-20)18-40-16-14-23(15-17-40)27(41,21-6-10-24(11-7-21)42-28(30,31)32)22-8-12-25(13-9-22)43-29(33,34)35/h2-13,23,41H,14-18H2,1H3. The summed E-state index contributed by atoms with van der Waals surface area (Å²) in [6.07, 6.45) is -8.74. The number of rotatable bonds is 8. The van der Waals surface area contributed by atoms with Crippen molar-refractivity contribution in [1.29, 1.82) is 0 Å². The summed E-state index contributed by atoms with van der Waals surface area (Å²) in [6, 6.07) is 17.6. The van der Waals surface area contributed by atoms with Crippen molar-refractivity contribution in [2.45, 2.75) is 37.7 Å². The summed E-state index contributed by atoms with van der Waals surface area (Å²) in [5, 5.41) is 23.7. The van der Waals surface area contributed by atoms with Gasteiger partial charge in [0.2, 0.25) is 0 Å². The highest BCUT2D eigenvalue weighted by Crippen LogP contribution is 2.43. The molecule has 43 heavy (non-hydrogen) atoms. The summed E-state index contributed by atoms with van der Waals surface area (Å²) in [7, 11) is 1.75. The Morgan fingerprint density at radius 1 is 0.767 bits per heavy atom. The number of aryl methyl sites for hydroxylation is 1. The topological polar surface area (TPSA) is 85.5 Å². The fourth-order valence-electron chi connectivity index (χ4n) is 5.46. The zero-order valence-corrected chi connectivity index (χ0v) is 22.8. The fraction of sp³-hybridized carbons (Fsp3) is 0.345. The number of alkyl halides is 6. The van der Waals surface area contributed by atoms with E-state index in [4.69, 9.17) is 0 Å². The number of halogens is 6. The van der Waals surface area contributed by atoms with Crippen LogP contribution in [0.25, 0.3) is 11.4 Å². The van der Waals surface area contributed by atoms with Crippen LogP contribution in [0.1, 0.15) is 29.5 Å². The fourth-order valence-corrected chi connectivity index (χ4v) is 5.46. The summed E-state index contributed by atoms with van der Waals surface area (Å²) in [5.74, 6) is -0.659. The van der Waals surface area contributed by atoms with Gasteiger partial charge in [-0.15, -0.1) is 31.4 Å². The van der Waals surface area contributed by atoms with Gasteiger partial charge >= 0.3 is 12.7 Å². The minimum atomic E-state index is -4.88. The Kier molecular flexibility index (Phi) is 8.34. The predicted molar refractivity (Wildman–Crippen MR) is 141 cm³/mol. The van der Waals surface area contributed by atoms with Gasteiger partial charge < -0.3 is 14.6 Å². The molecule has 0 aliphatic carbocycles. The molecule has 4 aromatic rings. The van der Waals surface area contributed by atoms with Crippen LogP contribution in [-0.2, 0) is 19.2 Å². The smallest absolute Gasteiger partial charge is 0.406 e. The quantitative estimate of drug-likeness (QED) is 0.253. The third kappa shape index (κ3) is 7.25. The van der Waals surface area contributed by atoms with Crippen molar-refractivity contribution in [3.8, 4) is 22.9 Å². The number of aliphatic hydroxyl groups is 1. The van der Waals surface area contributed by atoms with E-state index in [9.17, 15) is 31.4 Å². The van der Waals surface area contributed by atoms with E-state index in [1.165, 1.54) is 24.3 Å². The Labute approximate surface area is 242 Å². The summed E-state index contributed by atoms with van der Waals surface area (Å²) in [4.78, 5) is 2.22. The third-order valence-corrected chi connectivity index (χ3v) is 7.47. The maximum atomic E-state index is 12.7. The van der Waals surface area contributed by atoms with E-state index in [0.717, 1.165) is 35.4 Å². The molecule has 14 heteroatoms. The Hall–Kier alpha value is -4.17. The summed E-state index contributed by atoms with van der Waals surface area (Å²) in [6.45, 7) is 1.86. The van der Waals surface area contributed by atoms with Crippen LogP contribution < -0.4 is 9.47 Å². The molecule has 5 rings (SSSR count). The van der Waals surface area contributed by atoms with Crippen molar-refractivity contribution in [3.63, 3.8) is 0 Å². The molecule has 3 aromatic carbocycles. The van der Waals surface area contributed by atoms with E-state index in [1.54, 1.807) is 11.7 Å². The van der Waals surface area contributed by atoms with E-state index < -0.39 is 35.7 Å². The van der Waals surface area contributed by atoms with Crippen molar-refractivity contribution in [3.05, 3.63) is 89.5 Å². The van der Waals surface area contributed by atoms with Crippen molar-refractivity contribution in [1.82, 2.24) is 25.1 Å². The number of aromatic nitrogens is 4. The van der Waals surface area contributed by atoms with Crippen LogP contribution in [0.2, 0.25) is 0 Å². The highest BCUT2D eigenvalue weighted by molar-refractivity contribution is 5.54. The number of piperidine rings is 1. The second-order valence-electron chi connectivity index (χ2n) is 10.3. The van der Waals surface area contributed by atoms with Gasteiger partial charge in [0.15, 0.2) is 5.82 Å². The van der Waals surface area contributed by atoms with E-state index >= 15 is 0 Å². The highest BCUT2D eigenvalue weighted by atomic mass is 19.4. The third-order valence-electron chi connectivity index (χ3n) is 7.47. The lowest BCUT2D eigenvalue weighted by Gasteiger charge is -2.42. The maximum absolute atomic E-state index is 12.7. The zero-order valence-electron chi connectivity index (χ0n) is 22.8. The molecule has 1 aliphatic heterocycles. The second kappa shape index (κ2) is 11.8. The first-order valence-electron chi connectivity index (χ1n) is 13.3. The van der Waals surface area contributed by atoms with Crippen LogP contribution in [0.5, 0.6) is 11.5 Å². The summed E-state index contributed by atoms with van der Waals surface area (Å²) < 4.78 is 85.7. The number of nitrogens with zero attached hydrogens (tertiary/aromatic N) is 5. The lowest BCUT2D eigenvalue weighted by molar-refractivity contribution is -0.275. The van der Waals surface area contributed by atoms with Crippen LogP contribution in [-0.4, -0.2) is 56.0 Å². The van der Waals surface area contributed by atoms with Crippen LogP contribution in [0.4, 0.5) is 26.3 Å². The van der Waals surface area contributed by atoms with E-state index in [2.05, 4.69) is 29.9 Å². The molecule has 228 valence electrons. The Morgan fingerprint density at radius 3 is 1.67 bits per heavy atom. The van der Waals surface area contributed by atoms with E-state index in [-0.39, 0.29) is 0 Å². The van der Waals surface area contributed by atoms with Gasteiger partial charge in [0.1, 0.15) is 17.1 Å². The Bertz CT molecular complexity index is 1440. The molecule has 1 saturated heterocycles. The minimum Gasteiger partial charge on any atom is -0.406 e. The first-order chi connectivity index (χ1) is 20.3. The van der Waals surface area contributed by atoms with Crippen LogP contribution >= 0.6 is 0 Å². The van der Waals surface area contributed by atoms with Gasteiger partial charge in [0, 0.05) is 19.2 Å². The number of tetrazole rings is 1. The Balaban J connectivity index is 1.33. The SMILES string of the molecule is Cn1nnnc1-c1ccc(CN2CCC(C(O)(c3ccc(OC(F)(F)F)cc3)c3ccc(OC(F)(F)F)cc3)CC2)cc1. The van der Waals surface area contributed by atoms with Gasteiger partial charge in [-0.05, 0) is 83.2 Å². The number of hydrogen-bond acceptors (Lipinski definition) is 7. The maximum Gasteiger partial charge on any atom is 0.573 e.